The van der Waals surface area contributed by atoms with Crippen molar-refractivity contribution in [1.82, 2.24) is 25.1 Å². The van der Waals surface area contributed by atoms with E-state index in [1.54, 1.807) is 36.1 Å². The molecule has 2 heterocycles. The zero-order chi connectivity index (χ0) is 24.2. The van der Waals surface area contributed by atoms with E-state index >= 15 is 4.39 Å². The Morgan fingerprint density at radius 3 is 2.34 bits per heavy atom. The van der Waals surface area contributed by atoms with E-state index in [9.17, 15) is 4.39 Å². The Kier molecular flexibility index (Phi) is 6.67. The van der Waals surface area contributed by atoms with Crippen LogP contribution in [0.15, 0.2) is 72.8 Å². The van der Waals surface area contributed by atoms with E-state index in [-0.39, 0.29) is 11.6 Å². The lowest BCUT2D eigenvalue weighted by atomic mass is 10.0. The lowest BCUT2D eigenvalue weighted by molar-refractivity contribution is 0.197. The standard InChI is InChI=1S/C26H26F2N6O/c1-35-24-9-5-4-8-23(24)32-14-16-33(17-15-32)25(21-6-2-3-7-22(21)28)26-29-30-31-34(26)18-19-10-12-20(27)13-11-19/h2-13,25H,14-18H2,1H3/t25-/m0/s1. The molecule has 0 spiro atoms. The van der Waals surface area contributed by atoms with E-state index in [2.05, 4.69) is 25.3 Å². The molecule has 35 heavy (non-hydrogen) atoms. The zero-order valence-electron chi connectivity index (χ0n) is 19.4. The number of para-hydroxylation sites is 2. The molecular weight excluding hydrogens is 450 g/mol. The van der Waals surface area contributed by atoms with Crippen molar-refractivity contribution in [2.75, 3.05) is 38.2 Å². The lowest BCUT2D eigenvalue weighted by Crippen LogP contribution is -2.48. The lowest BCUT2D eigenvalue weighted by Gasteiger charge is -2.40. The van der Waals surface area contributed by atoms with Gasteiger partial charge in [0, 0.05) is 31.7 Å². The van der Waals surface area contributed by atoms with Crippen LogP contribution < -0.4 is 9.64 Å². The molecule has 4 aromatic rings. The molecule has 7 nitrogen and oxygen atoms in total. The van der Waals surface area contributed by atoms with Crippen LogP contribution in [0.25, 0.3) is 0 Å². The maximum atomic E-state index is 15.1. The maximum Gasteiger partial charge on any atom is 0.173 e. The van der Waals surface area contributed by atoms with Crippen molar-refractivity contribution in [2.45, 2.75) is 12.6 Å². The monoisotopic (exact) mass is 476 g/mol. The van der Waals surface area contributed by atoms with Crippen molar-refractivity contribution in [3.05, 3.63) is 101 Å². The van der Waals surface area contributed by atoms with Crippen molar-refractivity contribution in [1.29, 1.82) is 0 Å². The highest BCUT2D eigenvalue weighted by Gasteiger charge is 2.32. The predicted molar refractivity (Wildman–Crippen MR) is 128 cm³/mol. The number of anilines is 1. The topological polar surface area (TPSA) is 59.3 Å². The Morgan fingerprint density at radius 2 is 1.60 bits per heavy atom. The highest BCUT2D eigenvalue weighted by molar-refractivity contribution is 5.58. The first-order chi connectivity index (χ1) is 17.1. The fourth-order valence-electron chi connectivity index (χ4n) is 4.59. The number of rotatable bonds is 7. The molecule has 0 bridgehead atoms. The SMILES string of the molecule is COc1ccccc1N1CCN([C@@H](c2ccccc2F)c2nnnn2Cc2ccc(F)cc2)CC1. The van der Waals surface area contributed by atoms with Crippen molar-refractivity contribution in [3.63, 3.8) is 0 Å². The largest absolute Gasteiger partial charge is 0.495 e. The van der Waals surface area contributed by atoms with Gasteiger partial charge in [-0.3, -0.25) is 4.90 Å². The summed E-state index contributed by atoms with van der Waals surface area (Å²) < 4.78 is 35.6. The molecule has 180 valence electrons. The average Bonchev–Trinajstić information content (AvgIpc) is 3.34. The maximum absolute atomic E-state index is 15.1. The molecule has 1 aromatic heterocycles. The number of benzene rings is 3. The van der Waals surface area contributed by atoms with Crippen molar-refractivity contribution < 1.29 is 13.5 Å². The van der Waals surface area contributed by atoms with Gasteiger partial charge in [0.2, 0.25) is 0 Å². The molecule has 0 unspecified atom stereocenters. The number of methoxy groups -OCH3 is 1. The van der Waals surface area contributed by atoms with Gasteiger partial charge in [-0.25, -0.2) is 13.5 Å². The van der Waals surface area contributed by atoms with E-state index in [0.717, 1.165) is 30.1 Å². The minimum absolute atomic E-state index is 0.303. The Hall–Kier alpha value is -3.85. The van der Waals surface area contributed by atoms with Gasteiger partial charge in [-0.2, -0.15) is 0 Å². The summed E-state index contributed by atoms with van der Waals surface area (Å²) in [6, 6.07) is 20.4. The van der Waals surface area contributed by atoms with E-state index in [1.165, 1.54) is 18.2 Å². The van der Waals surface area contributed by atoms with Crippen LogP contribution in [-0.2, 0) is 6.54 Å². The second-order valence-electron chi connectivity index (χ2n) is 8.44. The molecule has 0 radical (unpaired) electrons. The van der Waals surface area contributed by atoms with E-state index < -0.39 is 6.04 Å². The summed E-state index contributed by atoms with van der Waals surface area (Å²) in [5.41, 5.74) is 2.42. The van der Waals surface area contributed by atoms with Gasteiger partial charge < -0.3 is 9.64 Å². The summed E-state index contributed by atoms with van der Waals surface area (Å²) in [6.07, 6.45) is 0. The second kappa shape index (κ2) is 10.2. The number of tetrazole rings is 1. The van der Waals surface area contributed by atoms with Crippen molar-refractivity contribution in [2.24, 2.45) is 0 Å². The molecular formula is C26H26F2N6O. The normalized spacial score (nSPS) is 15.2. The number of halogens is 2. The van der Waals surface area contributed by atoms with Gasteiger partial charge in [-0.15, -0.1) is 5.10 Å². The molecule has 1 aliphatic heterocycles. The van der Waals surface area contributed by atoms with Crippen LogP contribution in [-0.4, -0.2) is 58.4 Å². The van der Waals surface area contributed by atoms with Crippen molar-refractivity contribution >= 4 is 5.69 Å². The molecule has 9 heteroatoms. The van der Waals surface area contributed by atoms with Crippen LogP contribution in [0.4, 0.5) is 14.5 Å². The van der Waals surface area contributed by atoms with Crippen LogP contribution in [0.3, 0.4) is 0 Å². The Bertz CT molecular complexity index is 1270. The number of piperazine rings is 1. The molecule has 1 aliphatic rings. The van der Waals surface area contributed by atoms with Crippen LogP contribution >= 0.6 is 0 Å². The molecule has 1 fully saturated rings. The summed E-state index contributed by atoms with van der Waals surface area (Å²) in [6.45, 7) is 3.20. The number of hydrogen-bond acceptors (Lipinski definition) is 6. The highest BCUT2D eigenvalue weighted by Crippen LogP contribution is 2.33. The quantitative estimate of drug-likeness (QED) is 0.403. The Labute approximate surface area is 202 Å². The third-order valence-electron chi connectivity index (χ3n) is 6.35. The molecule has 1 atom stereocenters. The first-order valence-corrected chi connectivity index (χ1v) is 11.5. The van der Waals surface area contributed by atoms with Gasteiger partial charge in [0.05, 0.1) is 19.3 Å². The van der Waals surface area contributed by atoms with Gasteiger partial charge >= 0.3 is 0 Å². The first-order valence-electron chi connectivity index (χ1n) is 11.5. The average molecular weight is 477 g/mol. The Morgan fingerprint density at radius 1 is 0.886 bits per heavy atom. The van der Waals surface area contributed by atoms with Crippen LogP contribution in [0.1, 0.15) is 23.0 Å². The molecule has 3 aromatic carbocycles. The van der Waals surface area contributed by atoms with Crippen LogP contribution in [0.2, 0.25) is 0 Å². The summed E-state index contributed by atoms with van der Waals surface area (Å²) in [7, 11) is 1.67. The minimum Gasteiger partial charge on any atom is -0.495 e. The summed E-state index contributed by atoms with van der Waals surface area (Å²) in [5.74, 6) is 0.767. The first kappa shape index (κ1) is 22.9. The van der Waals surface area contributed by atoms with Gasteiger partial charge in [0.25, 0.3) is 0 Å². The van der Waals surface area contributed by atoms with Crippen molar-refractivity contribution in [3.8, 4) is 5.75 Å². The van der Waals surface area contributed by atoms with E-state index in [1.807, 2.05) is 30.3 Å². The van der Waals surface area contributed by atoms with E-state index in [0.29, 0.717) is 31.0 Å². The number of aromatic nitrogens is 4. The van der Waals surface area contributed by atoms with E-state index in [4.69, 9.17) is 4.74 Å². The number of nitrogens with zero attached hydrogens (tertiary/aromatic N) is 6. The van der Waals surface area contributed by atoms with Crippen LogP contribution in [0, 0.1) is 11.6 Å². The van der Waals surface area contributed by atoms with Gasteiger partial charge in [-0.1, -0.05) is 42.5 Å². The van der Waals surface area contributed by atoms with Crippen LogP contribution in [0.5, 0.6) is 5.75 Å². The zero-order valence-corrected chi connectivity index (χ0v) is 19.4. The molecule has 0 saturated carbocycles. The fraction of sp³-hybridized carbons (Fsp3) is 0.269. The predicted octanol–water partition coefficient (Wildman–Crippen LogP) is 3.92. The minimum atomic E-state index is -0.466. The molecule has 0 aliphatic carbocycles. The second-order valence-corrected chi connectivity index (χ2v) is 8.44. The fourth-order valence-corrected chi connectivity index (χ4v) is 4.59. The van der Waals surface area contributed by atoms with Gasteiger partial charge in [0.1, 0.15) is 23.4 Å². The number of hydrogen-bond donors (Lipinski definition) is 0. The molecule has 0 amide bonds. The Balaban J connectivity index is 1.44. The van der Waals surface area contributed by atoms with Gasteiger partial charge in [-0.05, 0) is 46.3 Å². The highest BCUT2D eigenvalue weighted by atomic mass is 19.1. The molecule has 5 rings (SSSR count). The summed E-state index contributed by atoms with van der Waals surface area (Å²) >= 11 is 0. The molecule has 1 saturated heterocycles. The smallest absolute Gasteiger partial charge is 0.173 e. The van der Waals surface area contributed by atoms with Gasteiger partial charge in [0.15, 0.2) is 5.82 Å². The summed E-state index contributed by atoms with van der Waals surface area (Å²) in [4.78, 5) is 4.48. The summed E-state index contributed by atoms with van der Waals surface area (Å²) in [5, 5.41) is 12.4. The molecule has 0 N–H and O–H groups in total. The third kappa shape index (κ3) is 4.85. The number of ether oxygens (including phenoxy) is 1. The third-order valence-corrected chi connectivity index (χ3v) is 6.35.